The van der Waals surface area contributed by atoms with Crippen molar-refractivity contribution in [1.82, 2.24) is 4.90 Å². The molecule has 1 saturated carbocycles. The Morgan fingerprint density at radius 1 is 1.19 bits per heavy atom. The van der Waals surface area contributed by atoms with Gasteiger partial charge >= 0.3 is 5.97 Å². The van der Waals surface area contributed by atoms with E-state index < -0.39 is 12.1 Å². The van der Waals surface area contributed by atoms with Gasteiger partial charge in [-0.3, -0.25) is 4.79 Å². The summed E-state index contributed by atoms with van der Waals surface area (Å²) in [5, 5.41) is 9.63. The van der Waals surface area contributed by atoms with Crippen molar-refractivity contribution in [2.24, 2.45) is 11.8 Å². The second kappa shape index (κ2) is 8.67. The molecule has 0 radical (unpaired) electrons. The Morgan fingerprint density at radius 2 is 1.88 bits per heavy atom. The lowest BCUT2D eigenvalue weighted by molar-refractivity contribution is -0.156. The summed E-state index contributed by atoms with van der Waals surface area (Å²) in [6.07, 6.45) is 4.44. The van der Waals surface area contributed by atoms with E-state index in [9.17, 15) is 14.7 Å². The maximum atomic E-state index is 13.0. The molecule has 5 nitrogen and oxygen atoms in total. The van der Waals surface area contributed by atoms with Crippen molar-refractivity contribution in [3.63, 3.8) is 0 Å². The van der Waals surface area contributed by atoms with Crippen LogP contribution in [-0.4, -0.2) is 47.2 Å². The van der Waals surface area contributed by atoms with Crippen LogP contribution in [0.5, 0.6) is 0 Å². The molecule has 142 valence electrons. The third kappa shape index (κ3) is 4.44. The van der Waals surface area contributed by atoms with Crippen LogP contribution in [0.15, 0.2) is 30.3 Å². The van der Waals surface area contributed by atoms with Gasteiger partial charge in [0.05, 0.1) is 0 Å². The lowest BCUT2D eigenvalue weighted by Crippen LogP contribution is -2.51. The highest BCUT2D eigenvalue weighted by molar-refractivity contribution is 5.79. The zero-order valence-corrected chi connectivity index (χ0v) is 15.5. The van der Waals surface area contributed by atoms with Crippen LogP contribution in [0.2, 0.25) is 0 Å². The highest BCUT2D eigenvalue weighted by atomic mass is 16.5. The second-order valence-corrected chi connectivity index (χ2v) is 7.59. The van der Waals surface area contributed by atoms with Gasteiger partial charge < -0.3 is 14.7 Å². The molecule has 2 atom stereocenters. The van der Waals surface area contributed by atoms with Crippen LogP contribution in [0.4, 0.5) is 0 Å². The average molecular weight is 359 g/mol. The van der Waals surface area contributed by atoms with Crippen molar-refractivity contribution in [1.29, 1.82) is 0 Å². The van der Waals surface area contributed by atoms with Gasteiger partial charge in [-0.25, -0.2) is 4.79 Å². The molecular formula is C21H29NO4. The van der Waals surface area contributed by atoms with Crippen molar-refractivity contribution in [2.45, 2.75) is 57.6 Å². The van der Waals surface area contributed by atoms with Crippen molar-refractivity contribution in [2.75, 3.05) is 13.2 Å². The van der Waals surface area contributed by atoms with Gasteiger partial charge in [0.25, 0.3) is 0 Å². The molecule has 3 aliphatic rings. The zero-order chi connectivity index (χ0) is 18.5. The fourth-order valence-electron chi connectivity index (χ4n) is 4.50. The van der Waals surface area contributed by atoms with Gasteiger partial charge in [-0.1, -0.05) is 30.3 Å². The Labute approximate surface area is 155 Å². The summed E-state index contributed by atoms with van der Waals surface area (Å²) in [5.41, 5.74) is 1.04. The smallest absolute Gasteiger partial charge is 0.333 e. The van der Waals surface area contributed by atoms with Crippen LogP contribution < -0.4 is 0 Å². The Balaban J connectivity index is 1.73. The summed E-state index contributed by atoms with van der Waals surface area (Å²) in [4.78, 5) is 26.8. The topological polar surface area (TPSA) is 66.8 Å². The Kier molecular flexibility index (Phi) is 6.30. The highest BCUT2D eigenvalue weighted by Gasteiger charge is 2.38. The monoisotopic (exact) mass is 359 g/mol. The first-order valence-electron chi connectivity index (χ1n) is 9.76. The molecule has 1 N–H and O–H groups in total. The number of hydrogen-bond donors (Lipinski definition) is 1. The number of amides is 1. The molecule has 2 saturated heterocycles. The van der Waals surface area contributed by atoms with Crippen molar-refractivity contribution < 1.29 is 19.4 Å². The van der Waals surface area contributed by atoms with E-state index in [1.165, 1.54) is 12.8 Å². The van der Waals surface area contributed by atoms with E-state index in [1.54, 1.807) is 6.92 Å². The minimum absolute atomic E-state index is 0.0892. The Morgan fingerprint density at radius 3 is 2.42 bits per heavy atom. The van der Waals surface area contributed by atoms with Gasteiger partial charge in [0.15, 0.2) is 6.10 Å². The summed E-state index contributed by atoms with van der Waals surface area (Å²) in [7, 11) is 0. The standard InChI is InChI=1S/C21H29NO4/c1-2-26-20(21(24)25)17(12-15-6-4-3-5-7-15)13-19(23)22-14-16-8-10-18(22)11-9-16/h3-7,16-18,20H,2,8-14H2,1H3,(H,24,25)/t16?,17-,18?,20?/m0/s1. The number of ether oxygens (including phenoxy) is 1. The SMILES string of the molecule is CCOC(C(=O)O)[C@H](CC(=O)N1CC2CCC1CC2)Cc1ccccc1. The third-order valence-electron chi connectivity index (χ3n) is 5.83. The summed E-state index contributed by atoms with van der Waals surface area (Å²) in [6, 6.07) is 10.1. The third-order valence-corrected chi connectivity index (χ3v) is 5.83. The summed E-state index contributed by atoms with van der Waals surface area (Å²) >= 11 is 0. The molecule has 2 aliphatic heterocycles. The Hall–Kier alpha value is -1.88. The fourth-order valence-corrected chi connectivity index (χ4v) is 4.50. The predicted octanol–water partition coefficient (Wildman–Crippen LogP) is 3.13. The van der Waals surface area contributed by atoms with E-state index in [2.05, 4.69) is 0 Å². The molecule has 4 rings (SSSR count). The lowest BCUT2D eigenvalue weighted by atomic mass is 9.79. The van der Waals surface area contributed by atoms with Gasteiger partial charge in [0.1, 0.15) is 0 Å². The van der Waals surface area contributed by atoms with Gasteiger partial charge in [0.2, 0.25) is 5.91 Å². The van der Waals surface area contributed by atoms with Crippen LogP contribution in [0.25, 0.3) is 0 Å². The molecule has 2 bridgehead atoms. The van der Waals surface area contributed by atoms with E-state index >= 15 is 0 Å². The van der Waals surface area contributed by atoms with Gasteiger partial charge in [-0.15, -0.1) is 0 Å². The summed E-state index contributed by atoms with van der Waals surface area (Å²) < 4.78 is 5.52. The van der Waals surface area contributed by atoms with Crippen LogP contribution >= 0.6 is 0 Å². The molecule has 1 amide bonds. The number of carbonyl (C=O) groups is 2. The van der Waals surface area contributed by atoms with Crippen LogP contribution in [0, 0.1) is 11.8 Å². The predicted molar refractivity (Wildman–Crippen MR) is 98.8 cm³/mol. The number of aliphatic carboxylic acids is 1. The number of carboxylic acids is 1. The van der Waals surface area contributed by atoms with Crippen molar-refractivity contribution >= 4 is 11.9 Å². The second-order valence-electron chi connectivity index (χ2n) is 7.59. The number of hydrogen-bond acceptors (Lipinski definition) is 3. The van der Waals surface area contributed by atoms with E-state index in [4.69, 9.17) is 4.74 Å². The lowest BCUT2D eigenvalue weighted by Gasteiger charge is -2.45. The molecule has 1 unspecified atom stereocenters. The maximum absolute atomic E-state index is 13.0. The number of carboxylic acid groups (broad SMARTS) is 1. The fraction of sp³-hybridized carbons (Fsp3) is 0.619. The van der Waals surface area contributed by atoms with E-state index in [0.717, 1.165) is 24.9 Å². The van der Waals surface area contributed by atoms with Crippen LogP contribution in [0.3, 0.4) is 0 Å². The largest absolute Gasteiger partial charge is 0.479 e. The number of carbonyl (C=O) groups excluding carboxylic acids is 1. The minimum atomic E-state index is -0.985. The van der Waals surface area contributed by atoms with Gasteiger partial charge in [-0.2, -0.15) is 0 Å². The Bertz CT molecular complexity index is 610. The van der Waals surface area contributed by atoms with E-state index in [1.807, 2.05) is 35.2 Å². The quantitative estimate of drug-likeness (QED) is 0.774. The molecule has 26 heavy (non-hydrogen) atoms. The molecule has 3 fully saturated rings. The van der Waals surface area contributed by atoms with Crippen LogP contribution in [-0.2, 0) is 20.7 Å². The van der Waals surface area contributed by atoms with Crippen molar-refractivity contribution in [3.05, 3.63) is 35.9 Å². The first-order chi connectivity index (χ1) is 12.6. The number of piperidine rings is 2. The molecule has 0 spiro atoms. The first kappa shape index (κ1) is 18.9. The highest BCUT2D eigenvalue weighted by Crippen LogP contribution is 2.35. The minimum Gasteiger partial charge on any atom is -0.479 e. The molecule has 5 heteroatoms. The van der Waals surface area contributed by atoms with Gasteiger partial charge in [-0.05, 0) is 50.5 Å². The number of benzene rings is 1. The van der Waals surface area contributed by atoms with Crippen molar-refractivity contribution in [3.8, 4) is 0 Å². The summed E-state index contributed by atoms with van der Waals surface area (Å²) in [5.74, 6) is -0.631. The molecule has 0 aromatic heterocycles. The van der Waals surface area contributed by atoms with E-state index in [-0.39, 0.29) is 18.2 Å². The van der Waals surface area contributed by atoms with Crippen LogP contribution in [0.1, 0.15) is 44.6 Å². The number of fused-ring (bicyclic) bond motifs is 3. The molecule has 2 heterocycles. The van der Waals surface area contributed by atoms with E-state index in [0.29, 0.717) is 25.0 Å². The maximum Gasteiger partial charge on any atom is 0.333 e. The summed E-state index contributed by atoms with van der Waals surface area (Å²) in [6.45, 7) is 2.96. The number of rotatable bonds is 8. The molecular weight excluding hydrogens is 330 g/mol. The molecule has 1 aromatic rings. The normalized spacial score (nSPS) is 24.3. The van der Waals surface area contributed by atoms with Gasteiger partial charge in [0, 0.05) is 31.5 Å². The molecule has 1 aromatic carbocycles. The zero-order valence-electron chi connectivity index (χ0n) is 15.5. The number of nitrogens with zero attached hydrogens (tertiary/aromatic N) is 1. The molecule has 1 aliphatic carbocycles. The average Bonchev–Trinajstić information content (AvgIpc) is 2.67. The first-order valence-corrected chi connectivity index (χ1v) is 9.76.